The molecule has 2 amide bonds. The third-order valence-electron chi connectivity index (χ3n) is 2.44. The van der Waals surface area contributed by atoms with Gasteiger partial charge in [0.05, 0.1) is 12.3 Å². The van der Waals surface area contributed by atoms with Crippen LogP contribution in [-0.2, 0) is 16.6 Å². The van der Waals surface area contributed by atoms with Gasteiger partial charge in [-0.1, -0.05) is 11.8 Å². The van der Waals surface area contributed by atoms with Gasteiger partial charge >= 0.3 is 6.09 Å². The summed E-state index contributed by atoms with van der Waals surface area (Å²) in [5, 5.41) is 8.46. The molecule has 1 saturated heterocycles. The van der Waals surface area contributed by atoms with E-state index in [9.17, 15) is 9.59 Å². The molecule has 1 fully saturated rings. The van der Waals surface area contributed by atoms with Crippen molar-refractivity contribution < 1.29 is 14.3 Å². The second-order valence-corrected chi connectivity index (χ2v) is 4.48. The number of nitrogens with zero attached hydrogens (tertiary/aromatic N) is 4. The van der Waals surface area contributed by atoms with Crippen LogP contribution in [-0.4, -0.2) is 50.6 Å². The minimum absolute atomic E-state index is 0.154. The molecule has 0 bridgehead atoms. The smallest absolute Gasteiger partial charge is 0.416 e. The summed E-state index contributed by atoms with van der Waals surface area (Å²) in [6.45, 7) is 2.44. The molecule has 0 aromatic carbocycles. The van der Waals surface area contributed by atoms with E-state index in [0.29, 0.717) is 11.7 Å². The molecule has 1 aliphatic heterocycles. The highest BCUT2D eigenvalue weighted by atomic mass is 32.2. The number of rotatable bonds is 3. The topological polar surface area (TPSA) is 77.3 Å². The number of carbonyl (C=O) groups excluding carboxylic acids is 2. The van der Waals surface area contributed by atoms with Gasteiger partial charge in [-0.15, -0.1) is 10.2 Å². The molecule has 2 rings (SSSR count). The Morgan fingerprint density at radius 1 is 1.53 bits per heavy atom. The predicted molar refractivity (Wildman–Crippen MR) is 59.5 cm³/mol. The summed E-state index contributed by atoms with van der Waals surface area (Å²) in [5.74, 6) is 0.667. The van der Waals surface area contributed by atoms with Crippen LogP contribution in [0, 0.1) is 6.92 Å². The van der Waals surface area contributed by atoms with E-state index < -0.39 is 6.09 Å². The SMILES string of the molecule is Cc1nnc(SCC(=O)N2CCOC2=O)n1C. The second-order valence-electron chi connectivity index (χ2n) is 3.54. The van der Waals surface area contributed by atoms with Crippen LogP contribution in [0.2, 0.25) is 0 Å². The largest absolute Gasteiger partial charge is 0.447 e. The van der Waals surface area contributed by atoms with E-state index in [4.69, 9.17) is 4.74 Å². The molecule has 0 atom stereocenters. The van der Waals surface area contributed by atoms with Crippen molar-refractivity contribution in [2.45, 2.75) is 12.1 Å². The lowest BCUT2D eigenvalue weighted by atomic mass is 10.5. The Balaban J connectivity index is 1.92. The molecule has 0 unspecified atom stereocenters. The Hall–Kier alpha value is -1.57. The normalized spacial score (nSPS) is 15.2. The van der Waals surface area contributed by atoms with Crippen LogP contribution in [0.15, 0.2) is 5.16 Å². The molecular weight excluding hydrogens is 244 g/mol. The summed E-state index contributed by atoms with van der Waals surface area (Å²) < 4.78 is 6.48. The standard InChI is InChI=1S/C9H12N4O3S/c1-6-10-11-8(12(6)2)17-5-7(14)13-3-4-16-9(13)15/h3-5H2,1-2H3. The fraction of sp³-hybridized carbons (Fsp3) is 0.556. The number of cyclic esters (lactones) is 1. The predicted octanol–water partition coefficient (Wildman–Crippen LogP) is 0.194. The van der Waals surface area contributed by atoms with Crippen molar-refractivity contribution in [2.75, 3.05) is 18.9 Å². The first-order valence-corrected chi connectivity index (χ1v) is 6.04. The maximum atomic E-state index is 11.7. The van der Waals surface area contributed by atoms with Crippen molar-refractivity contribution in [1.82, 2.24) is 19.7 Å². The van der Waals surface area contributed by atoms with Gasteiger partial charge in [0.25, 0.3) is 0 Å². The number of hydrogen-bond acceptors (Lipinski definition) is 6. The molecule has 17 heavy (non-hydrogen) atoms. The number of imide groups is 1. The molecule has 7 nitrogen and oxygen atoms in total. The number of thioether (sulfide) groups is 1. The molecule has 1 aromatic heterocycles. The summed E-state index contributed by atoms with van der Waals surface area (Å²) in [5.41, 5.74) is 0. The van der Waals surface area contributed by atoms with Gasteiger partial charge in [0.2, 0.25) is 5.91 Å². The van der Waals surface area contributed by atoms with Crippen molar-refractivity contribution in [3.8, 4) is 0 Å². The van der Waals surface area contributed by atoms with Crippen LogP contribution < -0.4 is 0 Å². The third-order valence-corrected chi connectivity index (χ3v) is 3.44. The minimum atomic E-state index is -0.565. The Kier molecular flexibility index (Phi) is 3.32. The van der Waals surface area contributed by atoms with E-state index in [2.05, 4.69) is 10.2 Å². The Morgan fingerprint density at radius 3 is 2.82 bits per heavy atom. The van der Waals surface area contributed by atoms with Gasteiger partial charge in [0.1, 0.15) is 12.4 Å². The van der Waals surface area contributed by atoms with Crippen LogP contribution >= 0.6 is 11.8 Å². The van der Waals surface area contributed by atoms with Crippen LogP contribution in [0.4, 0.5) is 4.79 Å². The molecule has 1 aliphatic rings. The van der Waals surface area contributed by atoms with Gasteiger partial charge in [-0.3, -0.25) is 4.79 Å². The number of aromatic nitrogens is 3. The molecule has 0 radical (unpaired) electrons. The fourth-order valence-electron chi connectivity index (χ4n) is 1.34. The zero-order valence-corrected chi connectivity index (χ0v) is 10.4. The molecule has 92 valence electrons. The highest BCUT2D eigenvalue weighted by molar-refractivity contribution is 7.99. The van der Waals surface area contributed by atoms with Gasteiger partial charge in [-0.2, -0.15) is 0 Å². The summed E-state index contributed by atoms with van der Waals surface area (Å²) >= 11 is 1.26. The van der Waals surface area contributed by atoms with Crippen molar-refractivity contribution in [3.05, 3.63) is 5.82 Å². The molecule has 8 heteroatoms. The molecular formula is C9H12N4O3S. The Bertz CT molecular complexity index is 459. The number of ether oxygens (including phenoxy) is 1. The first kappa shape index (κ1) is 11.9. The lowest BCUT2D eigenvalue weighted by Gasteiger charge is -2.09. The average molecular weight is 256 g/mol. The zero-order valence-electron chi connectivity index (χ0n) is 9.54. The van der Waals surface area contributed by atoms with Crippen molar-refractivity contribution in [3.63, 3.8) is 0 Å². The molecule has 0 saturated carbocycles. The molecule has 0 aliphatic carbocycles. The number of aryl methyl sites for hydroxylation is 1. The highest BCUT2D eigenvalue weighted by Crippen LogP contribution is 2.16. The van der Waals surface area contributed by atoms with Gasteiger partial charge in [-0.25, -0.2) is 9.69 Å². The van der Waals surface area contributed by atoms with Crippen LogP contribution in [0.25, 0.3) is 0 Å². The first-order valence-electron chi connectivity index (χ1n) is 5.05. The molecule has 2 heterocycles. The molecule has 0 N–H and O–H groups in total. The summed E-state index contributed by atoms with van der Waals surface area (Å²) in [4.78, 5) is 23.9. The zero-order chi connectivity index (χ0) is 12.4. The first-order chi connectivity index (χ1) is 8.09. The van der Waals surface area contributed by atoms with Crippen molar-refractivity contribution in [2.24, 2.45) is 7.05 Å². The molecule has 0 spiro atoms. The molecule has 1 aromatic rings. The second kappa shape index (κ2) is 4.74. The van der Waals surface area contributed by atoms with Crippen molar-refractivity contribution in [1.29, 1.82) is 0 Å². The lowest BCUT2D eigenvalue weighted by Crippen LogP contribution is -2.33. The van der Waals surface area contributed by atoms with E-state index in [1.54, 1.807) is 4.57 Å². The Labute approximate surface area is 102 Å². The minimum Gasteiger partial charge on any atom is -0.447 e. The van der Waals surface area contributed by atoms with E-state index >= 15 is 0 Å². The summed E-state index contributed by atoms with van der Waals surface area (Å²) in [6.07, 6.45) is -0.565. The monoisotopic (exact) mass is 256 g/mol. The third kappa shape index (κ3) is 2.41. The van der Waals surface area contributed by atoms with E-state index in [0.717, 1.165) is 10.7 Å². The average Bonchev–Trinajstić information content (AvgIpc) is 2.85. The number of hydrogen-bond donors (Lipinski definition) is 0. The number of amides is 2. The van der Waals surface area contributed by atoms with Gasteiger partial charge < -0.3 is 9.30 Å². The van der Waals surface area contributed by atoms with E-state index in [1.165, 1.54) is 11.8 Å². The van der Waals surface area contributed by atoms with E-state index in [1.807, 2.05) is 14.0 Å². The van der Waals surface area contributed by atoms with Crippen LogP contribution in [0.1, 0.15) is 5.82 Å². The van der Waals surface area contributed by atoms with Gasteiger partial charge in [0, 0.05) is 7.05 Å². The van der Waals surface area contributed by atoms with Crippen LogP contribution in [0.5, 0.6) is 0 Å². The fourth-order valence-corrected chi connectivity index (χ4v) is 2.17. The van der Waals surface area contributed by atoms with Gasteiger partial charge in [0.15, 0.2) is 5.16 Å². The van der Waals surface area contributed by atoms with Crippen molar-refractivity contribution >= 4 is 23.8 Å². The summed E-state index contributed by atoms with van der Waals surface area (Å²) in [7, 11) is 1.83. The lowest BCUT2D eigenvalue weighted by molar-refractivity contribution is -0.125. The van der Waals surface area contributed by atoms with Crippen LogP contribution in [0.3, 0.4) is 0 Å². The Morgan fingerprint density at radius 2 is 2.29 bits per heavy atom. The maximum Gasteiger partial charge on any atom is 0.416 e. The number of carbonyl (C=O) groups is 2. The maximum absolute atomic E-state index is 11.7. The van der Waals surface area contributed by atoms with Gasteiger partial charge in [-0.05, 0) is 6.92 Å². The van der Waals surface area contributed by atoms with E-state index in [-0.39, 0.29) is 18.3 Å². The quantitative estimate of drug-likeness (QED) is 0.719. The summed E-state index contributed by atoms with van der Waals surface area (Å²) in [6, 6.07) is 0. The highest BCUT2D eigenvalue weighted by Gasteiger charge is 2.28.